The molecule has 1 heterocycles. The van der Waals surface area contributed by atoms with Crippen LogP contribution in [0.5, 0.6) is 5.75 Å². The summed E-state index contributed by atoms with van der Waals surface area (Å²) < 4.78 is 5.70. The van der Waals surface area contributed by atoms with E-state index in [2.05, 4.69) is 22.3 Å². The summed E-state index contributed by atoms with van der Waals surface area (Å²) in [5, 5.41) is 8.28. The molecule has 0 spiro atoms. The van der Waals surface area contributed by atoms with Gasteiger partial charge < -0.3 is 9.64 Å². The summed E-state index contributed by atoms with van der Waals surface area (Å²) in [5.41, 5.74) is 3.03. The molecule has 1 aromatic carbocycles. The first kappa shape index (κ1) is 17.1. The first-order valence-electron chi connectivity index (χ1n) is 8.29. The molecule has 1 aliphatic rings. The number of benzene rings is 1. The largest absolute Gasteiger partial charge is 0.494 e. The highest BCUT2D eigenvalue weighted by molar-refractivity contribution is 5.44. The fraction of sp³-hybridized carbons (Fsp3) is 0.647. The zero-order valence-corrected chi connectivity index (χ0v) is 13.5. The summed E-state index contributed by atoms with van der Waals surface area (Å²) in [6, 6.07) is 7.30. The van der Waals surface area contributed by atoms with Crippen molar-refractivity contribution in [3.05, 3.63) is 24.3 Å². The number of hydrogen-bond acceptors (Lipinski definition) is 5. The van der Waals surface area contributed by atoms with Crippen molar-refractivity contribution in [2.45, 2.75) is 39.0 Å². The molecule has 1 saturated heterocycles. The predicted molar refractivity (Wildman–Crippen MR) is 88.0 cm³/mol. The highest BCUT2D eigenvalue weighted by Gasteiger charge is 2.15. The molecule has 1 unspecified atom stereocenters. The van der Waals surface area contributed by atoms with Crippen LogP contribution in [-0.4, -0.2) is 36.4 Å². The number of nitrogens with one attached hydrogen (secondary N) is 1. The summed E-state index contributed by atoms with van der Waals surface area (Å²) >= 11 is 0. The Morgan fingerprint density at radius 3 is 2.77 bits per heavy atom. The second-order valence-corrected chi connectivity index (χ2v) is 6.17. The van der Waals surface area contributed by atoms with Crippen molar-refractivity contribution in [3.63, 3.8) is 0 Å². The Bertz CT molecular complexity index is 411. The van der Waals surface area contributed by atoms with Crippen molar-refractivity contribution in [1.29, 1.82) is 0 Å². The Kier molecular flexibility index (Phi) is 7.49. The average Bonchev–Trinajstić information content (AvgIpc) is 2.53. The fourth-order valence-electron chi connectivity index (χ4n) is 2.97. The van der Waals surface area contributed by atoms with Gasteiger partial charge in [0.1, 0.15) is 5.75 Å². The molecule has 22 heavy (non-hydrogen) atoms. The van der Waals surface area contributed by atoms with Crippen molar-refractivity contribution < 1.29 is 15.0 Å². The monoisotopic (exact) mass is 308 g/mol. The van der Waals surface area contributed by atoms with Gasteiger partial charge in [-0.1, -0.05) is 6.92 Å². The van der Waals surface area contributed by atoms with E-state index >= 15 is 0 Å². The normalized spacial score (nSPS) is 19.1. The number of nitrogens with zero attached hydrogens (tertiary/aromatic N) is 1. The van der Waals surface area contributed by atoms with E-state index in [-0.39, 0.29) is 0 Å². The van der Waals surface area contributed by atoms with Crippen LogP contribution in [0, 0.1) is 5.92 Å². The van der Waals surface area contributed by atoms with Gasteiger partial charge in [-0.25, -0.2) is 10.7 Å². The lowest BCUT2D eigenvalue weighted by Crippen LogP contribution is -2.34. The molecule has 0 aliphatic carbocycles. The minimum absolute atomic E-state index is 0.686. The van der Waals surface area contributed by atoms with Gasteiger partial charge in [-0.2, -0.15) is 0 Å². The lowest BCUT2D eigenvalue weighted by molar-refractivity contribution is -0.215. The molecule has 2 N–H and O–H groups in total. The van der Waals surface area contributed by atoms with Crippen LogP contribution in [0.3, 0.4) is 0 Å². The van der Waals surface area contributed by atoms with E-state index in [1.165, 1.54) is 45.3 Å². The number of ether oxygens (including phenoxy) is 1. The number of likely N-dealkylation sites (tertiary alicyclic amines) is 1. The fourth-order valence-corrected chi connectivity index (χ4v) is 2.97. The maximum absolute atomic E-state index is 8.28. The number of piperidine rings is 1. The van der Waals surface area contributed by atoms with E-state index in [9.17, 15) is 0 Å². The molecule has 1 aliphatic heterocycles. The summed E-state index contributed by atoms with van der Waals surface area (Å²) in [4.78, 5) is 6.46. The maximum atomic E-state index is 8.28. The van der Waals surface area contributed by atoms with Crippen molar-refractivity contribution in [3.8, 4) is 5.75 Å². The molecule has 1 aromatic rings. The van der Waals surface area contributed by atoms with Gasteiger partial charge in [-0.05, 0) is 75.4 Å². The third-order valence-electron chi connectivity index (χ3n) is 4.15. The standard InChI is InChI=1S/C17H28N2O3/c1-15-6-5-12-19(14-15)11-3-2-4-13-21-17-9-7-16(8-10-17)18-22-20/h7-10,15,18,20H,2-6,11-14H2,1H3. The van der Waals surface area contributed by atoms with Gasteiger partial charge in [-0.15, -0.1) is 4.99 Å². The quantitative estimate of drug-likeness (QED) is 0.413. The summed E-state index contributed by atoms with van der Waals surface area (Å²) in [5.74, 6) is 1.71. The van der Waals surface area contributed by atoms with Crippen LogP contribution < -0.4 is 10.2 Å². The van der Waals surface area contributed by atoms with Crippen LogP contribution in [-0.2, 0) is 4.99 Å². The molecule has 0 saturated carbocycles. The molecule has 0 aromatic heterocycles. The Morgan fingerprint density at radius 2 is 2.05 bits per heavy atom. The van der Waals surface area contributed by atoms with Gasteiger partial charge in [0, 0.05) is 6.54 Å². The van der Waals surface area contributed by atoms with Crippen molar-refractivity contribution in [2.24, 2.45) is 5.92 Å². The molecule has 5 heteroatoms. The third-order valence-corrected chi connectivity index (χ3v) is 4.15. The van der Waals surface area contributed by atoms with Gasteiger partial charge in [-0.3, -0.25) is 0 Å². The van der Waals surface area contributed by atoms with Crippen LogP contribution in [0.2, 0.25) is 0 Å². The number of rotatable bonds is 9. The molecule has 1 atom stereocenters. The van der Waals surface area contributed by atoms with Gasteiger partial charge >= 0.3 is 0 Å². The smallest absolute Gasteiger partial charge is 0.119 e. The van der Waals surface area contributed by atoms with Crippen LogP contribution in [0.15, 0.2) is 24.3 Å². The lowest BCUT2D eigenvalue weighted by atomic mass is 10.00. The van der Waals surface area contributed by atoms with E-state index in [1.807, 2.05) is 12.1 Å². The molecule has 0 radical (unpaired) electrons. The van der Waals surface area contributed by atoms with E-state index < -0.39 is 0 Å². The topological polar surface area (TPSA) is 54.0 Å². The van der Waals surface area contributed by atoms with Crippen molar-refractivity contribution >= 4 is 5.69 Å². The molecule has 2 rings (SSSR count). The number of hydrogen-bond donors (Lipinski definition) is 2. The van der Waals surface area contributed by atoms with Gasteiger partial charge in [0.2, 0.25) is 0 Å². The van der Waals surface area contributed by atoms with Crippen LogP contribution in [0.1, 0.15) is 39.0 Å². The van der Waals surface area contributed by atoms with Crippen molar-refractivity contribution in [1.82, 2.24) is 4.90 Å². The highest BCUT2D eigenvalue weighted by Crippen LogP contribution is 2.17. The summed E-state index contributed by atoms with van der Waals surface area (Å²) in [6.07, 6.45) is 6.30. The van der Waals surface area contributed by atoms with Crippen LogP contribution in [0.25, 0.3) is 0 Å². The molecular weight excluding hydrogens is 280 g/mol. The lowest BCUT2D eigenvalue weighted by Gasteiger charge is -2.30. The van der Waals surface area contributed by atoms with E-state index in [0.717, 1.165) is 24.7 Å². The van der Waals surface area contributed by atoms with E-state index in [0.29, 0.717) is 5.69 Å². The molecule has 0 bridgehead atoms. The first-order chi connectivity index (χ1) is 10.8. The maximum Gasteiger partial charge on any atom is 0.119 e. The SMILES string of the molecule is CC1CCCN(CCCCCOc2ccc(NOO)cc2)C1. The Balaban J connectivity index is 1.51. The molecule has 124 valence electrons. The van der Waals surface area contributed by atoms with Crippen LogP contribution in [0.4, 0.5) is 5.69 Å². The number of unbranched alkanes of at least 4 members (excludes halogenated alkanes) is 2. The Hall–Kier alpha value is -1.30. The summed E-state index contributed by atoms with van der Waals surface area (Å²) in [7, 11) is 0. The van der Waals surface area contributed by atoms with Crippen LogP contribution >= 0.6 is 0 Å². The van der Waals surface area contributed by atoms with Crippen molar-refractivity contribution in [2.75, 3.05) is 31.7 Å². The molecule has 5 nitrogen and oxygen atoms in total. The third kappa shape index (κ3) is 6.22. The number of anilines is 1. The first-order valence-corrected chi connectivity index (χ1v) is 8.29. The molecule has 1 fully saturated rings. The highest BCUT2D eigenvalue weighted by atomic mass is 17.2. The second kappa shape index (κ2) is 9.66. The van der Waals surface area contributed by atoms with Gasteiger partial charge in [0.15, 0.2) is 0 Å². The Labute approximate surface area is 133 Å². The van der Waals surface area contributed by atoms with Gasteiger partial charge in [0.25, 0.3) is 0 Å². The minimum atomic E-state index is 0.686. The molecule has 0 amide bonds. The zero-order chi connectivity index (χ0) is 15.6. The predicted octanol–water partition coefficient (Wildman–Crippen LogP) is 3.78. The summed E-state index contributed by atoms with van der Waals surface area (Å²) in [6.45, 7) is 6.88. The average molecular weight is 308 g/mol. The molecular formula is C17H28N2O3. The Morgan fingerprint density at radius 1 is 1.23 bits per heavy atom. The van der Waals surface area contributed by atoms with E-state index in [1.54, 1.807) is 12.1 Å². The van der Waals surface area contributed by atoms with E-state index in [4.69, 9.17) is 9.99 Å². The zero-order valence-electron chi connectivity index (χ0n) is 13.5. The van der Waals surface area contributed by atoms with Gasteiger partial charge in [0.05, 0.1) is 12.3 Å². The minimum Gasteiger partial charge on any atom is -0.494 e. The second-order valence-electron chi connectivity index (χ2n) is 6.17.